The molecule has 1 saturated heterocycles. The number of aromatic nitrogens is 1. The number of primary amides is 1. The molecule has 2 fully saturated rings. The van der Waals surface area contributed by atoms with Crippen molar-refractivity contribution in [3.05, 3.63) is 82.3 Å². The summed E-state index contributed by atoms with van der Waals surface area (Å²) in [5.41, 5.74) is 6.10. The summed E-state index contributed by atoms with van der Waals surface area (Å²) in [5.74, 6) is -2.83. The maximum atomic E-state index is 14.6. The Balaban J connectivity index is 1.17. The predicted octanol–water partition coefficient (Wildman–Crippen LogP) is 7.37. The van der Waals surface area contributed by atoms with Gasteiger partial charge in [-0.15, -0.1) is 11.3 Å². The highest BCUT2D eigenvalue weighted by atomic mass is 32.1. The van der Waals surface area contributed by atoms with Gasteiger partial charge in [0.15, 0.2) is 0 Å². The molecule has 2 aliphatic rings. The van der Waals surface area contributed by atoms with Crippen LogP contribution in [0, 0.1) is 23.7 Å². The number of benzene rings is 2. The molecule has 24 nitrogen and oxygen atoms in total. The number of carbonyl (C=O) groups excluding carboxylic acids is 9. The van der Waals surface area contributed by atoms with E-state index < -0.39 is 59.7 Å². The van der Waals surface area contributed by atoms with Crippen molar-refractivity contribution in [3.8, 4) is 0 Å². The minimum absolute atomic E-state index is 0.0256. The second-order valence-corrected chi connectivity index (χ2v) is 27.2. The van der Waals surface area contributed by atoms with Crippen LogP contribution in [0.1, 0.15) is 167 Å². The fraction of sp³-hybridized carbons (Fsp3) is 0.652. The number of ether oxygens (including phenoxy) is 3. The Morgan fingerprint density at radius 3 is 2.11 bits per heavy atom. The average Bonchev–Trinajstić information content (AvgIpc) is 1.60. The number of carbonyl (C=O) groups is 9. The van der Waals surface area contributed by atoms with E-state index in [9.17, 15) is 43.2 Å². The maximum absolute atomic E-state index is 14.6. The summed E-state index contributed by atoms with van der Waals surface area (Å²) >= 11 is 1.49. The second kappa shape index (κ2) is 39.0. The van der Waals surface area contributed by atoms with Crippen LogP contribution in [-0.2, 0) is 60.8 Å². The van der Waals surface area contributed by atoms with Crippen LogP contribution in [0.25, 0.3) is 0 Å². The number of thiazole rings is 1. The first kappa shape index (κ1) is 77.5. The van der Waals surface area contributed by atoms with Crippen LogP contribution in [0.5, 0.6) is 0 Å². The summed E-state index contributed by atoms with van der Waals surface area (Å²) in [4.78, 5) is 131. The lowest BCUT2D eigenvalue weighted by Crippen LogP contribution is -2.61. The van der Waals surface area contributed by atoms with Crippen LogP contribution in [0.2, 0.25) is 0 Å². The van der Waals surface area contributed by atoms with E-state index in [4.69, 9.17) is 19.9 Å². The monoisotopic (exact) mass is 1330 g/mol. The van der Waals surface area contributed by atoms with E-state index in [1.165, 1.54) is 18.3 Å². The Labute approximate surface area is 560 Å². The number of nitrogens with zero attached hydrogens (tertiary/aromatic N) is 4. The number of amides is 10. The largest absolute Gasteiger partial charge is 0.445 e. The van der Waals surface area contributed by atoms with Crippen molar-refractivity contribution in [2.75, 3.05) is 59.8 Å². The molecule has 3 aromatic rings. The molecular weight excluding hydrogens is 1220 g/mol. The van der Waals surface area contributed by atoms with Gasteiger partial charge >= 0.3 is 12.1 Å². The van der Waals surface area contributed by atoms with Gasteiger partial charge in [-0.25, -0.2) is 14.6 Å². The molecule has 10 atom stereocenters. The minimum atomic E-state index is -1.22. The molecule has 1 aliphatic heterocycles. The molecule has 0 bridgehead atoms. The van der Waals surface area contributed by atoms with Crippen LogP contribution < -0.4 is 43.0 Å². The van der Waals surface area contributed by atoms with Gasteiger partial charge in [0.2, 0.25) is 41.4 Å². The summed E-state index contributed by atoms with van der Waals surface area (Å²) in [6.07, 6.45) is 7.72. The third kappa shape index (κ3) is 23.9. The van der Waals surface area contributed by atoms with Crippen molar-refractivity contribution < 1.29 is 57.4 Å². The number of methoxy groups -OCH3 is 2. The van der Waals surface area contributed by atoms with Gasteiger partial charge in [-0.3, -0.25) is 38.5 Å². The fourth-order valence-electron chi connectivity index (χ4n) is 12.6. The van der Waals surface area contributed by atoms with Crippen LogP contribution in [0.15, 0.2) is 66.2 Å². The number of nitrogens with one attached hydrogen (secondary N) is 7. The second-order valence-electron chi connectivity index (χ2n) is 26.2. The van der Waals surface area contributed by atoms with Crippen molar-refractivity contribution in [1.82, 2.24) is 51.6 Å². The zero-order valence-corrected chi connectivity index (χ0v) is 58.4. The van der Waals surface area contributed by atoms with E-state index in [0.717, 1.165) is 49.1 Å². The smallest absolute Gasteiger partial charge is 0.408 e. The molecule has 5 rings (SSSR count). The van der Waals surface area contributed by atoms with E-state index in [1.807, 2.05) is 68.4 Å². The fourth-order valence-corrected chi connectivity index (χ4v) is 13.3. The van der Waals surface area contributed by atoms with E-state index in [2.05, 4.69) is 60.9 Å². The number of nitrogens with two attached hydrogens (primary N) is 1. The normalized spacial score (nSPS) is 17.4. The van der Waals surface area contributed by atoms with Crippen molar-refractivity contribution in [2.45, 2.75) is 212 Å². The Morgan fingerprint density at radius 1 is 0.798 bits per heavy atom. The minimum Gasteiger partial charge on any atom is -0.445 e. The molecule has 9 N–H and O–H groups in total. The van der Waals surface area contributed by atoms with E-state index in [-0.39, 0.29) is 104 Å². The standard InChI is InChI=1S/C69H108N12O12S/c1-13-46(6)60(56(91-11)41-58(84)81-38-23-27-55(81)61(92-12)47(7)62(85)75-53(65-71-36-39-94-65)40-49-24-16-14-17-25-49)80(10)42-54(44(2)3)76-66(88)69(33-19-20-34-69)78-68(90)93-43-50-29-31-51(32-30-50)73-63(86)52(26-22-35-72-67(70)89)74-64(87)59(45(4)5)77-57(83)28-18-15-21-37-79(9)48(8)82/h14,16-17,24-25,29-32,36,39,44-47,52-56,59-61H,13,15,18-23,26-28,33-35,37-38,40-43H2,1-12H3,(H,73,86)(H,74,87)(H,75,85)(H,76,88)(H,77,83)(H,78,90)(H3,70,72,89). The van der Waals surface area contributed by atoms with E-state index >= 15 is 0 Å². The molecule has 2 heterocycles. The van der Waals surface area contributed by atoms with Crippen LogP contribution in [0.3, 0.4) is 0 Å². The molecule has 522 valence electrons. The van der Waals surface area contributed by atoms with Crippen molar-refractivity contribution in [3.63, 3.8) is 0 Å². The molecule has 10 amide bonds. The Morgan fingerprint density at radius 2 is 1.50 bits per heavy atom. The lowest BCUT2D eigenvalue weighted by Gasteiger charge is -2.41. The van der Waals surface area contributed by atoms with Crippen LogP contribution >= 0.6 is 11.3 Å². The van der Waals surface area contributed by atoms with Gasteiger partial charge in [0.05, 0.1) is 36.6 Å². The number of alkyl carbamates (subject to hydrolysis) is 1. The molecule has 1 saturated carbocycles. The highest BCUT2D eigenvalue weighted by Gasteiger charge is 2.46. The molecule has 1 aliphatic carbocycles. The Bertz CT molecular complexity index is 2880. The maximum Gasteiger partial charge on any atom is 0.408 e. The Kier molecular flexibility index (Phi) is 32.1. The molecule has 0 spiro atoms. The van der Waals surface area contributed by atoms with Crippen LogP contribution in [0.4, 0.5) is 15.3 Å². The molecule has 1 aromatic heterocycles. The first-order chi connectivity index (χ1) is 44.8. The first-order valence-corrected chi connectivity index (χ1v) is 34.5. The first-order valence-electron chi connectivity index (χ1n) is 33.6. The van der Waals surface area contributed by atoms with Crippen molar-refractivity contribution >= 4 is 70.5 Å². The zero-order chi connectivity index (χ0) is 69.1. The van der Waals surface area contributed by atoms with Gasteiger partial charge in [0.25, 0.3) is 0 Å². The van der Waals surface area contributed by atoms with Crippen LogP contribution in [-0.4, -0.2) is 176 Å². The lowest BCUT2D eigenvalue weighted by atomic mass is 9.89. The van der Waals surface area contributed by atoms with E-state index in [0.29, 0.717) is 69.4 Å². The van der Waals surface area contributed by atoms with Gasteiger partial charge in [0.1, 0.15) is 29.2 Å². The van der Waals surface area contributed by atoms with Gasteiger partial charge in [-0.1, -0.05) is 117 Å². The highest BCUT2D eigenvalue weighted by molar-refractivity contribution is 7.09. The quantitative estimate of drug-likeness (QED) is 0.0259. The Hall–Kier alpha value is -7.22. The summed E-state index contributed by atoms with van der Waals surface area (Å²) < 4.78 is 18.1. The average molecular weight is 1330 g/mol. The van der Waals surface area contributed by atoms with Gasteiger partial charge in [0, 0.05) is 90.1 Å². The number of unbranched alkanes of at least 4 members (excludes halogenated alkanes) is 2. The number of likely N-dealkylation sites (tertiary alicyclic amines) is 1. The SMILES string of the molecule is CCC(C)C(C(CC(=O)N1CCCC1C(OC)C(C)C(=O)NC(Cc1ccccc1)c1nccs1)OC)N(C)CC(NC(=O)C1(NC(=O)OCc2ccc(NC(=O)C(CCCNC(N)=O)NC(=O)C(NC(=O)CCCCCN(C)C(C)=O)C(C)C)cc2)CCCC1)C(C)C. The molecule has 2 aromatic carbocycles. The summed E-state index contributed by atoms with van der Waals surface area (Å²) in [5, 5.41) is 23.2. The number of anilines is 1. The molecule has 25 heteroatoms. The number of urea groups is 1. The summed E-state index contributed by atoms with van der Waals surface area (Å²) in [6.45, 7) is 16.8. The number of rotatable bonds is 39. The summed E-state index contributed by atoms with van der Waals surface area (Å²) in [6, 6.07) is 12.6. The lowest BCUT2D eigenvalue weighted by molar-refractivity contribution is -0.143. The predicted molar refractivity (Wildman–Crippen MR) is 363 cm³/mol. The molecule has 94 heavy (non-hydrogen) atoms. The zero-order valence-electron chi connectivity index (χ0n) is 57.6. The molecule has 0 radical (unpaired) electrons. The van der Waals surface area contributed by atoms with E-state index in [1.54, 1.807) is 70.5 Å². The van der Waals surface area contributed by atoms with Crippen molar-refractivity contribution in [1.29, 1.82) is 0 Å². The third-order valence-electron chi connectivity index (χ3n) is 18.6. The van der Waals surface area contributed by atoms with Crippen molar-refractivity contribution in [2.24, 2.45) is 29.4 Å². The number of hydrogen-bond acceptors (Lipinski definition) is 15. The highest BCUT2D eigenvalue weighted by Crippen LogP contribution is 2.33. The van der Waals surface area contributed by atoms with Gasteiger partial charge < -0.3 is 67.0 Å². The molecule has 10 unspecified atom stereocenters. The third-order valence-corrected chi connectivity index (χ3v) is 19.4. The van der Waals surface area contributed by atoms with Gasteiger partial charge in [-0.05, 0) is 106 Å². The van der Waals surface area contributed by atoms with Gasteiger partial charge in [-0.2, -0.15) is 0 Å². The summed E-state index contributed by atoms with van der Waals surface area (Å²) in [7, 11) is 6.95. The number of hydrogen-bond donors (Lipinski definition) is 8. The topological polar surface area (TPSA) is 314 Å². The molecular formula is C69H108N12O12S. The number of likely N-dealkylation sites (N-methyl/N-ethyl adjacent to an activating group) is 1.